The zero-order chi connectivity index (χ0) is 17.9. The second-order valence-corrected chi connectivity index (χ2v) is 5.50. The Kier molecular flexibility index (Phi) is 4.10. The summed E-state index contributed by atoms with van der Waals surface area (Å²) in [5.74, 6) is 2.39. The van der Waals surface area contributed by atoms with Gasteiger partial charge in [0.05, 0.1) is 0 Å². The number of amides is 1. The van der Waals surface area contributed by atoms with Crippen LogP contribution in [0, 0.1) is 0 Å². The monoisotopic (exact) mass is 353 g/mol. The minimum atomic E-state index is -0.734. The number of hydrogen-bond acceptors (Lipinski definition) is 7. The molecular formula is C17H15N5O4. The summed E-state index contributed by atoms with van der Waals surface area (Å²) < 4.78 is 17.9. The highest BCUT2D eigenvalue weighted by molar-refractivity contribution is 5.93. The van der Waals surface area contributed by atoms with E-state index in [0.29, 0.717) is 28.9 Å². The topological polar surface area (TPSA) is 100 Å². The van der Waals surface area contributed by atoms with Gasteiger partial charge in [-0.1, -0.05) is 0 Å². The molecule has 2 aromatic heterocycles. The second kappa shape index (κ2) is 6.71. The molecule has 1 aromatic carbocycles. The van der Waals surface area contributed by atoms with Gasteiger partial charge in [0.2, 0.25) is 6.79 Å². The summed E-state index contributed by atoms with van der Waals surface area (Å²) in [5, 5.41) is 2.71. The van der Waals surface area contributed by atoms with Crippen LogP contribution in [-0.2, 0) is 4.79 Å². The molecule has 0 bridgehead atoms. The third-order valence-electron chi connectivity index (χ3n) is 3.70. The fourth-order valence-electron chi connectivity index (χ4n) is 2.39. The van der Waals surface area contributed by atoms with E-state index in [1.165, 1.54) is 6.33 Å². The molecule has 26 heavy (non-hydrogen) atoms. The molecule has 1 aliphatic rings. The number of carbonyl (C=O) groups is 1. The van der Waals surface area contributed by atoms with Gasteiger partial charge in [0, 0.05) is 24.5 Å². The molecule has 9 nitrogen and oxygen atoms in total. The highest BCUT2D eigenvalue weighted by Gasteiger charge is 2.19. The Hall–Kier alpha value is -3.62. The van der Waals surface area contributed by atoms with Crippen molar-refractivity contribution >= 4 is 11.7 Å². The zero-order valence-electron chi connectivity index (χ0n) is 13.8. The van der Waals surface area contributed by atoms with Gasteiger partial charge in [0.1, 0.15) is 30.0 Å². The molecule has 1 atom stereocenters. The van der Waals surface area contributed by atoms with E-state index < -0.39 is 6.10 Å². The molecule has 9 heteroatoms. The number of benzene rings is 1. The Labute approximate surface area is 148 Å². The van der Waals surface area contributed by atoms with Crippen molar-refractivity contribution in [3.63, 3.8) is 0 Å². The van der Waals surface area contributed by atoms with Crippen LogP contribution in [0.2, 0.25) is 0 Å². The van der Waals surface area contributed by atoms with Gasteiger partial charge in [-0.3, -0.25) is 9.36 Å². The Bertz CT molecular complexity index is 929. The molecule has 0 saturated carbocycles. The van der Waals surface area contributed by atoms with E-state index in [2.05, 4.69) is 20.3 Å². The lowest BCUT2D eigenvalue weighted by Gasteiger charge is -2.15. The number of rotatable bonds is 5. The van der Waals surface area contributed by atoms with Crippen LogP contribution in [0.3, 0.4) is 0 Å². The van der Waals surface area contributed by atoms with Crippen molar-refractivity contribution in [3.8, 4) is 23.1 Å². The standard InChI is InChI=1S/C17H15N5O4/c1-11(26-12-2-3-13-14(6-12)25-10-24-13)17(23)21-15-7-16(20-8-19-15)22-5-4-18-9-22/h2-9,11H,10H2,1H3,(H,19,20,21,23). The maximum Gasteiger partial charge on any atom is 0.266 e. The van der Waals surface area contributed by atoms with Crippen molar-refractivity contribution in [2.45, 2.75) is 13.0 Å². The fraction of sp³-hybridized carbons (Fsp3) is 0.176. The summed E-state index contributed by atoms with van der Waals surface area (Å²) in [6.45, 7) is 1.83. The molecule has 1 N–H and O–H groups in total. The van der Waals surface area contributed by atoms with Crippen LogP contribution >= 0.6 is 0 Å². The number of hydrogen-bond donors (Lipinski definition) is 1. The fourth-order valence-corrected chi connectivity index (χ4v) is 2.39. The van der Waals surface area contributed by atoms with E-state index in [-0.39, 0.29) is 12.7 Å². The number of fused-ring (bicyclic) bond motifs is 1. The van der Waals surface area contributed by atoms with Crippen molar-refractivity contribution < 1.29 is 19.0 Å². The van der Waals surface area contributed by atoms with Crippen molar-refractivity contribution in [3.05, 3.63) is 49.3 Å². The molecule has 0 saturated heterocycles. The van der Waals surface area contributed by atoms with Crippen molar-refractivity contribution in [2.24, 2.45) is 0 Å². The highest BCUT2D eigenvalue weighted by atomic mass is 16.7. The van der Waals surface area contributed by atoms with Crippen LogP contribution in [0.15, 0.2) is 49.3 Å². The normalized spacial score (nSPS) is 13.3. The van der Waals surface area contributed by atoms with Gasteiger partial charge in [-0.05, 0) is 19.1 Å². The van der Waals surface area contributed by atoms with Gasteiger partial charge >= 0.3 is 0 Å². The molecule has 0 radical (unpaired) electrons. The predicted molar refractivity (Wildman–Crippen MR) is 90.4 cm³/mol. The Morgan fingerprint density at radius 1 is 1.27 bits per heavy atom. The Balaban J connectivity index is 1.42. The number of anilines is 1. The summed E-state index contributed by atoms with van der Waals surface area (Å²) >= 11 is 0. The Morgan fingerprint density at radius 3 is 3.00 bits per heavy atom. The summed E-state index contributed by atoms with van der Waals surface area (Å²) in [5.41, 5.74) is 0. The van der Waals surface area contributed by atoms with Crippen LogP contribution in [0.25, 0.3) is 5.82 Å². The molecule has 1 unspecified atom stereocenters. The smallest absolute Gasteiger partial charge is 0.266 e. The number of ether oxygens (including phenoxy) is 3. The molecule has 3 heterocycles. The summed E-state index contributed by atoms with van der Waals surface area (Å²) in [6.07, 6.45) is 5.64. The van der Waals surface area contributed by atoms with E-state index in [9.17, 15) is 4.79 Å². The van der Waals surface area contributed by atoms with Crippen LogP contribution in [0.1, 0.15) is 6.92 Å². The van der Waals surface area contributed by atoms with Crippen LogP contribution in [-0.4, -0.2) is 38.3 Å². The molecular weight excluding hydrogens is 338 g/mol. The number of imidazole rings is 1. The summed E-state index contributed by atoms with van der Waals surface area (Å²) in [6, 6.07) is 6.80. The van der Waals surface area contributed by atoms with E-state index in [4.69, 9.17) is 14.2 Å². The van der Waals surface area contributed by atoms with Crippen LogP contribution in [0.4, 0.5) is 5.82 Å². The first-order chi connectivity index (χ1) is 12.7. The van der Waals surface area contributed by atoms with Crippen molar-refractivity contribution in [1.82, 2.24) is 19.5 Å². The second-order valence-electron chi connectivity index (χ2n) is 5.50. The van der Waals surface area contributed by atoms with Gasteiger partial charge in [-0.2, -0.15) is 0 Å². The van der Waals surface area contributed by atoms with Crippen molar-refractivity contribution in [1.29, 1.82) is 0 Å². The summed E-state index contributed by atoms with van der Waals surface area (Å²) in [4.78, 5) is 24.5. The Morgan fingerprint density at radius 2 is 2.15 bits per heavy atom. The highest BCUT2D eigenvalue weighted by Crippen LogP contribution is 2.35. The minimum absolute atomic E-state index is 0.182. The van der Waals surface area contributed by atoms with Gasteiger partial charge in [0.15, 0.2) is 17.6 Å². The van der Waals surface area contributed by atoms with Crippen LogP contribution < -0.4 is 19.5 Å². The van der Waals surface area contributed by atoms with Gasteiger partial charge < -0.3 is 19.5 Å². The average molecular weight is 353 g/mol. The largest absolute Gasteiger partial charge is 0.481 e. The van der Waals surface area contributed by atoms with Crippen molar-refractivity contribution in [2.75, 3.05) is 12.1 Å². The lowest BCUT2D eigenvalue weighted by molar-refractivity contribution is -0.122. The molecule has 0 spiro atoms. The van der Waals surface area contributed by atoms with E-state index in [0.717, 1.165) is 0 Å². The molecule has 4 rings (SSSR count). The zero-order valence-corrected chi connectivity index (χ0v) is 13.8. The number of nitrogens with zero attached hydrogens (tertiary/aromatic N) is 4. The maximum absolute atomic E-state index is 12.4. The number of nitrogens with one attached hydrogen (secondary N) is 1. The molecule has 1 amide bonds. The SMILES string of the molecule is CC(Oc1ccc2c(c1)OCO2)C(=O)Nc1cc(-n2ccnc2)ncn1. The molecule has 3 aromatic rings. The average Bonchev–Trinajstić information content (AvgIpc) is 3.33. The lowest BCUT2D eigenvalue weighted by atomic mass is 10.3. The van der Waals surface area contributed by atoms with Gasteiger partial charge in [-0.25, -0.2) is 15.0 Å². The first-order valence-electron chi connectivity index (χ1n) is 7.86. The third kappa shape index (κ3) is 3.27. The summed E-state index contributed by atoms with van der Waals surface area (Å²) in [7, 11) is 0. The van der Waals surface area contributed by atoms with Crippen LogP contribution in [0.5, 0.6) is 17.2 Å². The quantitative estimate of drug-likeness (QED) is 0.746. The lowest BCUT2D eigenvalue weighted by Crippen LogP contribution is -2.30. The third-order valence-corrected chi connectivity index (χ3v) is 3.70. The van der Waals surface area contributed by atoms with Gasteiger partial charge in [-0.15, -0.1) is 0 Å². The number of aromatic nitrogens is 4. The molecule has 1 aliphatic heterocycles. The van der Waals surface area contributed by atoms with E-state index >= 15 is 0 Å². The number of carbonyl (C=O) groups excluding carboxylic acids is 1. The first kappa shape index (κ1) is 15.9. The molecule has 0 fully saturated rings. The molecule has 132 valence electrons. The first-order valence-corrected chi connectivity index (χ1v) is 7.86. The van der Waals surface area contributed by atoms with Gasteiger partial charge in [0.25, 0.3) is 5.91 Å². The van der Waals surface area contributed by atoms with E-state index in [1.807, 2.05) is 0 Å². The maximum atomic E-state index is 12.4. The van der Waals surface area contributed by atoms with E-state index in [1.54, 1.807) is 54.5 Å². The predicted octanol–water partition coefficient (Wildman–Crippen LogP) is 1.80. The molecule has 0 aliphatic carbocycles. The minimum Gasteiger partial charge on any atom is -0.481 e.